The molecule has 0 saturated heterocycles. The third-order valence-corrected chi connectivity index (χ3v) is 11.2. The van der Waals surface area contributed by atoms with Crippen molar-refractivity contribution >= 4 is 70.4 Å². The van der Waals surface area contributed by atoms with Gasteiger partial charge in [-0.15, -0.1) is 11.3 Å². The average Bonchev–Trinajstić information content (AvgIpc) is 3.76. The van der Waals surface area contributed by atoms with Crippen molar-refractivity contribution in [2.45, 2.75) is 0 Å². The van der Waals surface area contributed by atoms with Gasteiger partial charge < -0.3 is 9.47 Å². The zero-order valence-electron chi connectivity index (χ0n) is 27.8. The third kappa shape index (κ3) is 4.93. The van der Waals surface area contributed by atoms with Crippen LogP contribution in [-0.2, 0) is 0 Å². The van der Waals surface area contributed by atoms with Crippen LogP contribution in [0.5, 0.6) is 0 Å². The molecule has 0 saturated carbocycles. The minimum atomic E-state index is 1.11. The van der Waals surface area contributed by atoms with Crippen molar-refractivity contribution in [3.8, 4) is 27.9 Å². The van der Waals surface area contributed by atoms with E-state index in [0.717, 1.165) is 17.1 Å². The molecule has 0 atom stereocenters. The molecule has 0 fully saturated rings. The van der Waals surface area contributed by atoms with Crippen LogP contribution >= 0.6 is 11.3 Å². The molecule has 10 aromatic rings. The van der Waals surface area contributed by atoms with Crippen molar-refractivity contribution in [2.75, 3.05) is 4.90 Å². The van der Waals surface area contributed by atoms with Gasteiger partial charge in [-0.2, -0.15) is 0 Å². The molecule has 0 bridgehead atoms. The number of hydrogen-bond donors (Lipinski definition) is 0. The number of nitrogens with zero attached hydrogens (tertiary/aromatic N) is 2. The summed E-state index contributed by atoms with van der Waals surface area (Å²) in [5.41, 5.74) is 11.7. The van der Waals surface area contributed by atoms with Crippen molar-refractivity contribution in [1.82, 2.24) is 4.57 Å². The molecule has 0 aliphatic heterocycles. The fourth-order valence-electron chi connectivity index (χ4n) is 7.70. The molecule has 0 unspecified atom stereocenters. The molecule has 0 N–H and O–H groups in total. The summed E-state index contributed by atoms with van der Waals surface area (Å²) in [6, 6.07) is 70.4. The highest BCUT2D eigenvalue weighted by Gasteiger charge is 2.21. The molecule has 0 aliphatic rings. The van der Waals surface area contributed by atoms with Gasteiger partial charge in [0.1, 0.15) is 0 Å². The highest BCUT2D eigenvalue weighted by molar-refractivity contribution is 7.26. The first kappa shape index (κ1) is 29.5. The predicted molar refractivity (Wildman–Crippen MR) is 219 cm³/mol. The summed E-state index contributed by atoms with van der Waals surface area (Å²) in [6.45, 7) is 0. The summed E-state index contributed by atoms with van der Waals surface area (Å²) in [5.74, 6) is 0. The Morgan fingerprint density at radius 2 is 1.00 bits per heavy atom. The first-order valence-electron chi connectivity index (χ1n) is 17.4. The number of fused-ring (bicyclic) bond motifs is 6. The van der Waals surface area contributed by atoms with Crippen LogP contribution < -0.4 is 4.90 Å². The lowest BCUT2D eigenvalue weighted by Gasteiger charge is -2.27. The minimum Gasteiger partial charge on any atom is -0.309 e. The Labute approximate surface area is 300 Å². The van der Waals surface area contributed by atoms with Crippen LogP contribution in [0.25, 0.3) is 69.9 Å². The van der Waals surface area contributed by atoms with Crippen LogP contribution in [-0.4, -0.2) is 4.57 Å². The van der Waals surface area contributed by atoms with Gasteiger partial charge in [-0.3, -0.25) is 0 Å². The van der Waals surface area contributed by atoms with Gasteiger partial charge in [0.15, 0.2) is 0 Å². The van der Waals surface area contributed by atoms with Crippen LogP contribution in [0.1, 0.15) is 0 Å². The van der Waals surface area contributed by atoms with Gasteiger partial charge in [0.25, 0.3) is 0 Å². The van der Waals surface area contributed by atoms with Crippen LogP contribution in [0.4, 0.5) is 17.1 Å². The van der Waals surface area contributed by atoms with Gasteiger partial charge in [-0.25, -0.2) is 0 Å². The summed E-state index contributed by atoms with van der Waals surface area (Å²) < 4.78 is 5.00. The molecule has 0 amide bonds. The van der Waals surface area contributed by atoms with Crippen molar-refractivity contribution in [3.63, 3.8) is 0 Å². The van der Waals surface area contributed by atoms with E-state index in [1.165, 1.54) is 69.9 Å². The van der Waals surface area contributed by atoms with E-state index in [-0.39, 0.29) is 0 Å². The smallest absolute Gasteiger partial charge is 0.0640 e. The molecular formula is C48H32N2S. The first-order valence-corrected chi connectivity index (χ1v) is 18.2. The predicted octanol–water partition coefficient (Wildman–Crippen LogP) is 14.0. The van der Waals surface area contributed by atoms with Gasteiger partial charge in [0.2, 0.25) is 0 Å². The summed E-state index contributed by atoms with van der Waals surface area (Å²) in [7, 11) is 0. The van der Waals surface area contributed by atoms with Crippen molar-refractivity contribution in [3.05, 3.63) is 194 Å². The Balaban J connectivity index is 1.22. The van der Waals surface area contributed by atoms with Gasteiger partial charge >= 0.3 is 0 Å². The molecule has 2 heterocycles. The van der Waals surface area contributed by atoms with Gasteiger partial charge in [0, 0.05) is 48.9 Å². The number of rotatable bonds is 6. The maximum absolute atomic E-state index is 2.44. The standard InChI is InChI=1S/C48H32N2S/c1-3-15-33(16-4-1)34-17-11-21-37(31-34)49(45-29-14-27-43-41-24-8-10-30-46(41)51-48(43)45)38-22-12-18-35(32-38)39-25-13-26-42-40-23-7-9-28-44(40)50(47(39)42)36-19-5-2-6-20-36/h1-32H. The van der Waals surface area contributed by atoms with E-state index in [4.69, 9.17) is 0 Å². The van der Waals surface area contributed by atoms with E-state index in [9.17, 15) is 0 Å². The van der Waals surface area contributed by atoms with E-state index in [2.05, 4.69) is 204 Å². The van der Waals surface area contributed by atoms with Gasteiger partial charge in [-0.05, 0) is 71.3 Å². The van der Waals surface area contributed by atoms with Crippen LogP contribution in [0.2, 0.25) is 0 Å². The number of thiophene rings is 1. The van der Waals surface area contributed by atoms with E-state index in [1.54, 1.807) is 0 Å². The van der Waals surface area contributed by atoms with Crippen LogP contribution in [0.3, 0.4) is 0 Å². The first-order chi connectivity index (χ1) is 25.3. The Kier molecular flexibility index (Phi) is 7.04. The van der Waals surface area contributed by atoms with E-state index in [1.807, 2.05) is 11.3 Å². The average molecular weight is 669 g/mol. The van der Waals surface area contributed by atoms with Crippen molar-refractivity contribution in [1.29, 1.82) is 0 Å². The molecule has 0 radical (unpaired) electrons. The summed E-state index contributed by atoms with van der Waals surface area (Å²) >= 11 is 1.87. The molecule has 2 nitrogen and oxygen atoms in total. The van der Waals surface area contributed by atoms with Crippen LogP contribution in [0.15, 0.2) is 194 Å². The Morgan fingerprint density at radius 1 is 0.412 bits per heavy atom. The quantitative estimate of drug-likeness (QED) is 0.171. The topological polar surface area (TPSA) is 8.17 Å². The molecule has 3 heteroatoms. The minimum absolute atomic E-state index is 1.11. The van der Waals surface area contributed by atoms with Crippen LogP contribution in [0, 0.1) is 0 Å². The lowest BCUT2D eigenvalue weighted by Crippen LogP contribution is -2.10. The second-order valence-electron chi connectivity index (χ2n) is 12.9. The van der Waals surface area contributed by atoms with Crippen molar-refractivity contribution < 1.29 is 0 Å². The number of benzene rings is 8. The number of para-hydroxylation sites is 3. The zero-order chi connectivity index (χ0) is 33.7. The Bertz CT molecular complexity index is 2860. The number of anilines is 3. The second-order valence-corrected chi connectivity index (χ2v) is 14.0. The molecule has 10 rings (SSSR count). The SMILES string of the molecule is c1ccc(-c2cccc(N(c3cccc(-c4cccc5c6ccccc6n(-c6ccccc6)c45)c3)c3cccc4c3sc3ccccc34)c2)cc1. The Hall–Kier alpha value is -6.42. The highest BCUT2D eigenvalue weighted by Crippen LogP contribution is 2.46. The fraction of sp³-hybridized carbons (Fsp3) is 0. The third-order valence-electron chi connectivity index (χ3n) is 9.96. The lowest BCUT2D eigenvalue weighted by atomic mass is 10.00. The molecule has 2 aromatic heterocycles. The zero-order valence-corrected chi connectivity index (χ0v) is 28.6. The van der Waals surface area contributed by atoms with Crippen molar-refractivity contribution in [2.24, 2.45) is 0 Å². The second kappa shape index (κ2) is 12.2. The Morgan fingerprint density at radius 3 is 1.82 bits per heavy atom. The normalized spacial score (nSPS) is 11.5. The van der Waals surface area contributed by atoms with E-state index in [0.29, 0.717) is 0 Å². The fourth-order valence-corrected chi connectivity index (χ4v) is 8.91. The summed E-state index contributed by atoms with van der Waals surface area (Å²) in [6.07, 6.45) is 0. The molecule has 240 valence electrons. The lowest BCUT2D eigenvalue weighted by molar-refractivity contribution is 1.18. The van der Waals surface area contributed by atoms with E-state index < -0.39 is 0 Å². The van der Waals surface area contributed by atoms with E-state index >= 15 is 0 Å². The molecule has 51 heavy (non-hydrogen) atoms. The van der Waals surface area contributed by atoms with Gasteiger partial charge in [0.05, 0.1) is 21.4 Å². The van der Waals surface area contributed by atoms with Gasteiger partial charge in [-0.1, -0.05) is 140 Å². The maximum Gasteiger partial charge on any atom is 0.0640 e. The molecule has 8 aromatic carbocycles. The highest BCUT2D eigenvalue weighted by atomic mass is 32.1. The largest absolute Gasteiger partial charge is 0.309 e. The molecular weight excluding hydrogens is 637 g/mol. The molecule has 0 aliphatic carbocycles. The molecule has 0 spiro atoms. The summed E-state index contributed by atoms with van der Waals surface area (Å²) in [4.78, 5) is 2.44. The monoisotopic (exact) mass is 668 g/mol. The number of aromatic nitrogens is 1. The number of hydrogen-bond acceptors (Lipinski definition) is 2. The summed E-state index contributed by atoms with van der Waals surface area (Å²) in [5, 5.41) is 5.09. The maximum atomic E-state index is 2.44.